The van der Waals surface area contributed by atoms with Crippen molar-refractivity contribution >= 4 is 23.5 Å². The van der Waals surface area contributed by atoms with Gasteiger partial charge in [0.25, 0.3) is 5.91 Å². The molecule has 21 heavy (non-hydrogen) atoms. The number of para-hydroxylation sites is 1. The van der Waals surface area contributed by atoms with Crippen molar-refractivity contribution in [3.8, 4) is 0 Å². The van der Waals surface area contributed by atoms with Crippen molar-refractivity contribution in [3.05, 3.63) is 35.5 Å². The van der Waals surface area contributed by atoms with Crippen molar-refractivity contribution in [1.82, 2.24) is 4.90 Å². The van der Waals surface area contributed by atoms with E-state index in [-0.39, 0.29) is 11.7 Å². The van der Waals surface area contributed by atoms with E-state index in [0.717, 1.165) is 16.9 Å². The molecule has 1 aromatic rings. The van der Waals surface area contributed by atoms with E-state index in [1.165, 1.54) is 4.90 Å². The molecule has 1 aromatic carbocycles. The highest BCUT2D eigenvalue weighted by atomic mass is 16.5. The number of ether oxygens (including phenoxy) is 1. The lowest BCUT2D eigenvalue weighted by molar-refractivity contribution is -0.144. The number of fused-ring (bicyclic) bond motifs is 1. The van der Waals surface area contributed by atoms with E-state index in [0.29, 0.717) is 26.2 Å². The summed E-state index contributed by atoms with van der Waals surface area (Å²) in [6, 6.07) is 7.88. The van der Waals surface area contributed by atoms with Gasteiger partial charge in [-0.3, -0.25) is 9.59 Å². The molecule has 3 rings (SSSR count). The first kappa shape index (κ1) is 13.8. The van der Waals surface area contributed by atoms with Gasteiger partial charge in [-0.2, -0.15) is 0 Å². The number of hydrogen-bond donors (Lipinski definition) is 1. The van der Waals surface area contributed by atoms with Gasteiger partial charge in [0.15, 0.2) is 0 Å². The summed E-state index contributed by atoms with van der Waals surface area (Å²) in [5.74, 6) is -1.10. The number of carbonyl (C=O) groups is 2. The van der Waals surface area contributed by atoms with E-state index in [9.17, 15) is 9.59 Å². The Hall–Kier alpha value is -2.14. The van der Waals surface area contributed by atoms with Gasteiger partial charge in [0, 0.05) is 25.0 Å². The van der Waals surface area contributed by atoms with Crippen LogP contribution in [0.1, 0.15) is 12.0 Å². The Morgan fingerprint density at radius 1 is 1.33 bits per heavy atom. The van der Waals surface area contributed by atoms with Crippen molar-refractivity contribution < 1.29 is 14.3 Å². The van der Waals surface area contributed by atoms with E-state index in [1.54, 1.807) is 7.05 Å². The Bertz CT molecular complexity index is 603. The minimum Gasteiger partial charge on any atom is -0.381 e. The van der Waals surface area contributed by atoms with Crippen LogP contribution in [0.5, 0.6) is 0 Å². The largest absolute Gasteiger partial charge is 0.381 e. The molecule has 2 aliphatic heterocycles. The second kappa shape index (κ2) is 5.69. The van der Waals surface area contributed by atoms with Gasteiger partial charge in [0.1, 0.15) is 0 Å². The molecule has 0 bridgehead atoms. The highest BCUT2D eigenvalue weighted by Crippen LogP contribution is 2.25. The van der Waals surface area contributed by atoms with Crippen molar-refractivity contribution in [1.29, 1.82) is 0 Å². The van der Waals surface area contributed by atoms with Gasteiger partial charge in [-0.15, -0.1) is 0 Å². The van der Waals surface area contributed by atoms with Gasteiger partial charge in [-0.1, -0.05) is 18.2 Å². The normalized spacial score (nSPS) is 20.2. The maximum Gasteiger partial charge on any atom is 0.294 e. The molecule has 2 aliphatic rings. The number of ketones is 1. The summed E-state index contributed by atoms with van der Waals surface area (Å²) in [4.78, 5) is 25.9. The molecule has 1 unspecified atom stereocenters. The third-order valence-electron chi connectivity index (χ3n) is 3.99. The molecular formula is C16H18N2O3. The van der Waals surface area contributed by atoms with E-state index >= 15 is 0 Å². The predicted molar refractivity (Wildman–Crippen MR) is 79.6 cm³/mol. The van der Waals surface area contributed by atoms with Crippen LogP contribution in [0.15, 0.2) is 30.0 Å². The molecule has 1 atom stereocenters. The number of hydrogen-bond acceptors (Lipinski definition) is 4. The SMILES string of the molecule is CN(C(=O)C(=O)C1CCOC1)C1=Cc2ccccc2NC1. The Kier molecular flexibility index (Phi) is 3.75. The molecule has 0 aliphatic carbocycles. The van der Waals surface area contributed by atoms with Gasteiger partial charge in [0.2, 0.25) is 5.78 Å². The zero-order valence-electron chi connectivity index (χ0n) is 12.0. The number of amides is 1. The second-order valence-electron chi connectivity index (χ2n) is 5.37. The molecule has 1 fully saturated rings. The number of benzene rings is 1. The van der Waals surface area contributed by atoms with Crippen LogP contribution in [0.2, 0.25) is 0 Å². The van der Waals surface area contributed by atoms with Crippen LogP contribution in [0.4, 0.5) is 5.69 Å². The highest BCUT2D eigenvalue weighted by molar-refractivity contribution is 6.37. The average molecular weight is 286 g/mol. The zero-order valence-corrected chi connectivity index (χ0v) is 12.0. The van der Waals surface area contributed by atoms with E-state index in [4.69, 9.17) is 4.74 Å². The first-order valence-electron chi connectivity index (χ1n) is 7.10. The molecular weight excluding hydrogens is 268 g/mol. The molecule has 0 aromatic heterocycles. The molecule has 1 N–H and O–H groups in total. The molecule has 0 saturated carbocycles. The summed E-state index contributed by atoms with van der Waals surface area (Å²) in [5.41, 5.74) is 2.86. The fraction of sp³-hybridized carbons (Fsp3) is 0.375. The molecule has 0 radical (unpaired) electrons. The minimum atomic E-state index is -0.460. The van der Waals surface area contributed by atoms with Gasteiger partial charge >= 0.3 is 0 Å². The van der Waals surface area contributed by atoms with Crippen LogP contribution >= 0.6 is 0 Å². The Morgan fingerprint density at radius 3 is 2.90 bits per heavy atom. The lowest BCUT2D eigenvalue weighted by atomic mass is 10.0. The average Bonchev–Trinajstić information content (AvgIpc) is 3.06. The van der Waals surface area contributed by atoms with E-state index < -0.39 is 5.91 Å². The number of anilines is 1. The predicted octanol–water partition coefficient (Wildman–Crippen LogP) is 1.52. The van der Waals surface area contributed by atoms with E-state index in [2.05, 4.69) is 5.32 Å². The number of Topliss-reactive ketones (excluding diaryl/α,β-unsaturated/α-hetero) is 1. The Morgan fingerprint density at radius 2 is 2.14 bits per heavy atom. The van der Waals surface area contributed by atoms with Crippen LogP contribution in [-0.2, 0) is 14.3 Å². The second-order valence-corrected chi connectivity index (χ2v) is 5.37. The number of rotatable bonds is 3. The highest BCUT2D eigenvalue weighted by Gasteiger charge is 2.32. The first-order valence-corrected chi connectivity index (χ1v) is 7.10. The van der Waals surface area contributed by atoms with Gasteiger partial charge in [-0.05, 0) is 24.1 Å². The van der Waals surface area contributed by atoms with Crippen molar-refractivity contribution in [2.45, 2.75) is 6.42 Å². The molecule has 1 saturated heterocycles. The Balaban J connectivity index is 1.76. The summed E-state index contributed by atoms with van der Waals surface area (Å²) < 4.78 is 5.18. The monoisotopic (exact) mass is 286 g/mol. The quantitative estimate of drug-likeness (QED) is 0.856. The topological polar surface area (TPSA) is 58.6 Å². The third kappa shape index (κ3) is 2.69. The molecule has 0 spiro atoms. The summed E-state index contributed by atoms with van der Waals surface area (Å²) in [7, 11) is 1.65. The fourth-order valence-corrected chi connectivity index (χ4v) is 2.63. The Labute approximate surface area is 123 Å². The number of nitrogens with one attached hydrogen (secondary N) is 1. The van der Waals surface area contributed by atoms with Crippen molar-refractivity contribution in [2.75, 3.05) is 32.1 Å². The maximum absolute atomic E-state index is 12.3. The lowest BCUT2D eigenvalue weighted by Gasteiger charge is -2.26. The van der Waals surface area contributed by atoms with Crippen LogP contribution in [-0.4, -0.2) is 43.4 Å². The summed E-state index contributed by atoms with van der Waals surface area (Å²) in [6.07, 6.45) is 2.58. The van der Waals surface area contributed by atoms with Crippen LogP contribution in [0.25, 0.3) is 6.08 Å². The van der Waals surface area contributed by atoms with Crippen LogP contribution in [0.3, 0.4) is 0 Å². The fourth-order valence-electron chi connectivity index (χ4n) is 2.63. The third-order valence-corrected chi connectivity index (χ3v) is 3.99. The standard InChI is InChI=1S/C16H18N2O3/c1-18(16(20)15(19)12-6-7-21-10-12)13-8-11-4-2-3-5-14(11)17-9-13/h2-5,8,12,17H,6-7,9-10H2,1H3. The van der Waals surface area contributed by atoms with Gasteiger partial charge < -0.3 is 15.0 Å². The first-order chi connectivity index (χ1) is 10.2. The summed E-state index contributed by atoms with van der Waals surface area (Å²) >= 11 is 0. The van der Waals surface area contributed by atoms with Crippen molar-refractivity contribution in [2.24, 2.45) is 5.92 Å². The van der Waals surface area contributed by atoms with Crippen LogP contribution < -0.4 is 5.32 Å². The zero-order chi connectivity index (χ0) is 14.8. The van der Waals surface area contributed by atoms with E-state index in [1.807, 2.05) is 30.3 Å². The van der Waals surface area contributed by atoms with Crippen molar-refractivity contribution in [3.63, 3.8) is 0 Å². The lowest BCUT2D eigenvalue weighted by Crippen LogP contribution is -2.38. The molecule has 110 valence electrons. The smallest absolute Gasteiger partial charge is 0.294 e. The summed E-state index contributed by atoms with van der Waals surface area (Å²) in [6.45, 7) is 1.46. The molecule has 5 nitrogen and oxygen atoms in total. The number of likely N-dealkylation sites (N-methyl/N-ethyl adjacent to an activating group) is 1. The number of nitrogens with zero attached hydrogens (tertiary/aromatic N) is 1. The molecule has 1 amide bonds. The van der Waals surface area contributed by atoms with Crippen LogP contribution in [0, 0.1) is 5.92 Å². The molecule has 5 heteroatoms. The molecule has 2 heterocycles. The summed E-state index contributed by atoms with van der Waals surface area (Å²) in [5, 5.41) is 3.26. The number of carbonyl (C=O) groups excluding carboxylic acids is 2. The minimum absolute atomic E-state index is 0.288. The maximum atomic E-state index is 12.3. The van der Waals surface area contributed by atoms with Gasteiger partial charge in [0.05, 0.1) is 19.1 Å². The van der Waals surface area contributed by atoms with Gasteiger partial charge in [-0.25, -0.2) is 0 Å².